The van der Waals surface area contributed by atoms with Crippen LogP contribution in [0.15, 0.2) is 35.2 Å². The molecule has 1 amide bonds. The maximum absolute atomic E-state index is 12.7. The lowest BCUT2D eigenvalue weighted by Gasteiger charge is -2.33. The van der Waals surface area contributed by atoms with Gasteiger partial charge in [0.05, 0.1) is 19.7 Å². The van der Waals surface area contributed by atoms with E-state index in [1.165, 1.54) is 27.4 Å². The van der Waals surface area contributed by atoms with Crippen LogP contribution in [0.5, 0.6) is 0 Å². The fourth-order valence-corrected chi connectivity index (χ4v) is 5.71. The molecule has 0 atom stereocenters. The minimum atomic E-state index is -3.74. The molecule has 0 spiro atoms. The van der Waals surface area contributed by atoms with Crippen molar-refractivity contribution in [1.29, 1.82) is 0 Å². The van der Waals surface area contributed by atoms with Crippen LogP contribution in [0, 0.1) is 17.0 Å². The quantitative estimate of drug-likeness (QED) is 0.549. The summed E-state index contributed by atoms with van der Waals surface area (Å²) in [5.41, 5.74) is -0.0803. The molecule has 1 saturated heterocycles. The molecule has 2 heterocycles. The number of sulfonamides is 1. The van der Waals surface area contributed by atoms with Crippen LogP contribution < -0.4 is 0 Å². The largest absolute Gasteiger partial charge is 0.335 e. The summed E-state index contributed by atoms with van der Waals surface area (Å²) < 4.78 is 26.8. The second-order valence-corrected chi connectivity index (χ2v) is 9.51. The summed E-state index contributed by atoms with van der Waals surface area (Å²) in [5, 5.41) is 11.1. The number of halogens is 1. The lowest BCUT2D eigenvalue weighted by Crippen LogP contribution is -2.50. The topological polar surface area (TPSA) is 101 Å². The Kier molecular flexibility index (Phi) is 5.52. The number of thiophene rings is 1. The molecule has 0 saturated carbocycles. The van der Waals surface area contributed by atoms with Gasteiger partial charge in [-0.2, -0.15) is 4.31 Å². The summed E-state index contributed by atoms with van der Waals surface area (Å²) in [6.45, 7) is 2.26. The second kappa shape index (κ2) is 7.55. The average Bonchev–Trinajstić information content (AvgIpc) is 3.03. The normalized spacial score (nSPS) is 15.7. The number of piperazine rings is 1. The van der Waals surface area contributed by atoms with Crippen molar-refractivity contribution in [1.82, 2.24) is 9.21 Å². The number of hydrogen-bond donors (Lipinski definition) is 0. The van der Waals surface area contributed by atoms with Crippen LogP contribution in [-0.2, 0) is 10.0 Å². The zero-order chi connectivity index (χ0) is 19.8. The molecule has 27 heavy (non-hydrogen) atoms. The number of carbonyl (C=O) groups is 1. The Bertz CT molecular complexity index is 997. The highest BCUT2D eigenvalue weighted by molar-refractivity contribution is 7.89. The molecule has 0 aliphatic carbocycles. The highest BCUT2D eigenvalue weighted by Gasteiger charge is 2.32. The first-order valence-electron chi connectivity index (χ1n) is 8.00. The predicted molar refractivity (Wildman–Crippen MR) is 102 cm³/mol. The molecule has 8 nitrogen and oxygen atoms in total. The maximum atomic E-state index is 12.7. The fourth-order valence-electron chi connectivity index (χ4n) is 2.84. The van der Waals surface area contributed by atoms with Crippen LogP contribution in [0.4, 0.5) is 5.69 Å². The molecule has 1 aromatic carbocycles. The van der Waals surface area contributed by atoms with Gasteiger partial charge >= 0.3 is 0 Å². The Morgan fingerprint density at radius 3 is 2.41 bits per heavy atom. The molecule has 144 valence electrons. The Labute approximate surface area is 165 Å². The van der Waals surface area contributed by atoms with Crippen molar-refractivity contribution < 1.29 is 18.1 Å². The van der Waals surface area contributed by atoms with Gasteiger partial charge in [0.2, 0.25) is 10.0 Å². The molecular formula is C16H16ClN3O5S2. The minimum Gasteiger partial charge on any atom is -0.335 e. The third-order valence-corrected chi connectivity index (χ3v) is 7.71. The van der Waals surface area contributed by atoms with Gasteiger partial charge in [-0.25, -0.2) is 8.42 Å². The van der Waals surface area contributed by atoms with E-state index in [4.69, 9.17) is 11.6 Å². The molecule has 11 heteroatoms. The third-order valence-electron chi connectivity index (χ3n) is 4.28. The molecule has 0 bridgehead atoms. The third kappa shape index (κ3) is 3.84. The number of aryl methyl sites for hydroxylation is 1. The standard InChI is InChI=1S/C16H16ClN3O5S2/c1-11-13(20(22)23)10-14(26-11)16(21)18-6-8-19(9-7-18)27(24,25)15-5-3-2-4-12(15)17/h2-5,10H,6-9H2,1H3. The first-order valence-corrected chi connectivity index (χ1v) is 10.6. The Hall–Kier alpha value is -2.01. The van der Waals surface area contributed by atoms with Gasteiger partial charge in [-0.1, -0.05) is 23.7 Å². The van der Waals surface area contributed by atoms with Gasteiger partial charge in [0.15, 0.2) is 0 Å². The molecule has 1 fully saturated rings. The Morgan fingerprint density at radius 2 is 1.85 bits per heavy atom. The number of carbonyl (C=O) groups excluding carboxylic acids is 1. The van der Waals surface area contributed by atoms with Gasteiger partial charge in [-0.3, -0.25) is 14.9 Å². The number of nitrogens with zero attached hydrogens (tertiary/aromatic N) is 3. The van der Waals surface area contributed by atoms with E-state index in [9.17, 15) is 23.3 Å². The zero-order valence-electron chi connectivity index (χ0n) is 14.3. The summed E-state index contributed by atoms with van der Waals surface area (Å²) in [6.07, 6.45) is 0. The van der Waals surface area contributed by atoms with Gasteiger partial charge in [0.25, 0.3) is 11.6 Å². The van der Waals surface area contributed by atoms with E-state index in [1.54, 1.807) is 19.1 Å². The molecule has 1 aliphatic rings. The van der Waals surface area contributed by atoms with Crippen molar-refractivity contribution >= 4 is 44.6 Å². The number of rotatable bonds is 4. The lowest BCUT2D eigenvalue weighted by atomic mass is 10.3. The van der Waals surface area contributed by atoms with Gasteiger partial charge in [0.1, 0.15) is 4.90 Å². The van der Waals surface area contributed by atoms with Gasteiger partial charge in [-0.05, 0) is 19.1 Å². The molecule has 0 unspecified atom stereocenters. The van der Waals surface area contributed by atoms with E-state index in [1.807, 2.05) is 0 Å². The van der Waals surface area contributed by atoms with E-state index in [0.29, 0.717) is 4.88 Å². The van der Waals surface area contributed by atoms with Crippen LogP contribution in [0.2, 0.25) is 5.02 Å². The maximum Gasteiger partial charge on any atom is 0.283 e. The Morgan fingerprint density at radius 1 is 1.22 bits per heavy atom. The molecular weight excluding hydrogens is 414 g/mol. The molecule has 2 aromatic rings. The number of amides is 1. The van der Waals surface area contributed by atoms with Crippen LogP contribution in [0.3, 0.4) is 0 Å². The highest BCUT2D eigenvalue weighted by Crippen LogP contribution is 2.30. The molecule has 3 rings (SSSR count). The molecule has 0 radical (unpaired) electrons. The van der Waals surface area contributed by atoms with E-state index in [2.05, 4.69) is 0 Å². The van der Waals surface area contributed by atoms with Crippen LogP contribution >= 0.6 is 22.9 Å². The fraction of sp³-hybridized carbons (Fsp3) is 0.312. The van der Waals surface area contributed by atoms with Gasteiger partial charge < -0.3 is 4.90 Å². The van der Waals surface area contributed by atoms with Crippen molar-refractivity contribution in [3.05, 3.63) is 55.2 Å². The number of nitro groups is 1. The van der Waals surface area contributed by atoms with Gasteiger partial charge in [-0.15, -0.1) is 11.3 Å². The molecule has 0 N–H and O–H groups in total. The highest BCUT2D eigenvalue weighted by atomic mass is 35.5. The monoisotopic (exact) mass is 429 g/mol. The van der Waals surface area contributed by atoms with E-state index >= 15 is 0 Å². The first kappa shape index (κ1) is 19.7. The Balaban J connectivity index is 1.72. The van der Waals surface area contributed by atoms with Crippen molar-refractivity contribution in [3.63, 3.8) is 0 Å². The second-order valence-electron chi connectivity index (χ2n) is 5.94. The summed E-state index contributed by atoms with van der Waals surface area (Å²) in [5.74, 6) is -0.328. The summed E-state index contributed by atoms with van der Waals surface area (Å²) in [4.78, 5) is 25.3. The summed E-state index contributed by atoms with van der Waals surface area (Å²) >= 11 is 7.07. The summed E-state index contributed by atoms with van der Waals surface area (Å²) in [7, 11) is -3.74. The van der Waals surface area contributed by atoms with E-state index in [-0.39, 0.29) is 52.6 Å². The zero-order valence-corrected chi connectivity index (χ0v) is 16.7. The summed E-state index contributed by atoms with van der Waals surface area (Å²) in [6, 6.07) is 7.49. The first-order chi connectivity index (χ1) is 12.7. The van der Waals surface area contributed by atoms with E-state index < -0.39 is 14.9 Å². The molecule has 1 aromatic heterocycles. The van der Waals surface area contributed by atoms with Crippen molar-refractivity contribution in [2.75, 3.05) is 26.2 Å². The predicted octanol–water partition coefficient (Wildman–Crippen LogP) is 2.76. The van der Waals surface area contributed by atoms with Crippen molar-refractivity contribution in [2.45, 2.75) is 11.8 Å². The van der Waals surface area contributed by atoms with Crippen molar-refractivity contribution in [2.24, 2.45) is 0 Å². The average molecular weight is 430 g/mol. The lowest BCUT2D eigenvalue weighted by molar-refractivity contribution is -0.385. The SMILES string of the molecule is Cc1sc(C(=O)N2CCN(S(=O)(=O)c3ccccc3Cl)CC2)cc1[N+](=O)[O-]. The van der Waals surface area contributed by atoms with Crippen LogP contribution in [-0.4, -0.2) is 54.6 Å². The van der Waals surface area contributed by atoms with Gasteiger partial charge in [0, 0.05) is 32.2 Å². The van der Waals surface area contributed by atoms with E-state index in [0.717, 1.165) is 11.3 Å². The number of benzene rings is 1. The van der Waals surface area contributed by atoms with Crippen LogP contribution in [0.1, 0.15) is 14.5 Å². The van der Waals surface area contributed by atoms with Crippen molar-refractivity contribution in [3.8, 4) is 0 Å². The molecule has 1 aliphatic heterocycles. The smallest absolute Gasteiger partial charge is 0.283 e. The number of hydrogen-bond acceptors (Lipinski definition) is 6. The van der Waals surface area contributed by atoms with Crippen LogP contribution in [0.25, 0.3) is 0 Å². The minimum absolute atomic E-state index is 0.0379.